The van der Waals surface area contributed by atoms with E-state index in [-0.39, 0.29) is 16.8 Å². The van der Waals surface area contributed by atoms with Crippen molar-refractivity contribution in [3.8, 4) is 0 Å². The summed E-state index contributed by atoms with van der Waals surface area (Å²) in [6.07, 6.45) is 1.27. The molecular formula is C12H10N2O4. The molecule has 0 aliphatic rings. The maximum atomic E-state index is 12.2. The fourth-order valence-electron chi connectivity index (χ4n) is 1.75. The molecule has 1 aromatic carbocycles. The monoisotopic (exact) mass is 246 g/mol. The second-order valence-electron chi connectivity index (χ2n) is 3.85. The van der Waals surface area contributed by atoms with Crippen molar-refractivity contribution in [1.82, 2.24) is 5.16 Å². The topological polar surface area (TPSA) is 86.2 Å². The number of rotatable bonds is 3. The molecule has 6 heteroatoms. The number of carbonyl (C=O) groups excluding carboxylic acids is 1. The number of benzene rings is 1. The molecule has 0 radical (unpaired) electrons. The molecule has 0 fully saturated rings. The summed E-state index contributed by atoms with van der Waals surface area (Å²) in [4.78, 5) is 22.7. The predicted octanol–water partition coefficient (Wildman–Crippen LogP) is 2.43. The van der Waals surface area contributed by atoms with Crippen molar-refractivity contribution in [3.63, 3.8) is 0 Å². The SMILES string of the molecule is Cc1cccc(C(=O)c2cnoc2C)c1[N+](=O)[O-]. The molecule has 0 N–H and O–H groups in total. The van der Waals surface area contributed by atoms with Crippen LogP contribution in [0.15, 0.2) is 28.9 Å². The van der Waals surface area contributed by atoms with Gasteiger partial charge in [-0.15, -0.1) is 0 Å². The van der Waals surface area contributed by atoms with E-state index in [1.165, 1.54) is 12.3 Å². The summed E-state index contributed by atoms with van der Waals surface area (Å²) >= 11 is 0. The van der Waals surface area contributed by atoms with Crippen LogP contribution < -0.4 is 0 Å². The van der Waals surface area contributed by atoms with Gasteiger partial charge in [0, 0.05) is 5.56 Å². The van der Waals surface area contributed by atoms with Gasteiger partial charge in [-0.05, 0) is 19.9 Å². The predicted molar refractivity (Wildman–Crippen MR) is 62.5 cm³/mol. The van der Waals surface area contributed by atoms with Gasteiger partial charge >= 0.3 is 0 Å². The fraction of sp³-hybridized carbons (Fsp3) is 0.167. The van der Waals surface area contributed by atoms with Crippen LogP contribution in [0.2, 0.25) is 0 Å². The van der Waals surface area contributed by atoms with Crippen LogP contribution in [0.5, 0.6) is 0 Å². The number of nitrogens with zero attached hydrogens (tertiary/aromatic N) is 2. The summed E-state index contributed by atoms with van der Waals surface area (Å²) in [6, 6.07) is 4.63. The molecule has 0 saturated carbocycles. The second-order valence-corrected chi connectivity index (χ2v) is 3.85. The zero-order valence-corrected chi connectivity index (χ0v) is 9.84. The highest BCUT2D eigenvalue weighted by Crippen LogP contribution is 2.26. The van der Waals surface area contributed by atoms with Gasteiger partial charge in [0.1, 0.15) is 11.3 Å². The van der Waals surface area contributed by atoms with E-state index in [1.54, 1.807) is 26.0 Å². The first-order valence-corrected chi connectivity index (χ1v) is 5.22. The maximum Gasteiger partial charge on any atom is 0.283 e. The Morgan fingerprint density at radius 2 is 2.06 bits per heavy atom. The van der Waals surface area contributed by atoms with Crippen LogP contribution in [0, 0.1) is 24.0 Å². The zero-order valence-electron chi connectivity index (χ0n) is 9.84. The molecule has 2 aromatic rings. The zero-order chi connectivity index (χ0) is 13.3. The summed E-state index contributed by atoms with van der Waals surface area (Å²) in [6.45, 7) is 3.18. The number of para-hydroxylation sites is 1. The highest BCUT2D eigenvalue weighted by Gasteiger charge is 2.25. The van der Waals surface area contributed by atoms with Crippen molar-refractivity contribution in [2.24, 2.45) is 0 Å². The number of ketones is 1. The first-order chi connectivity index (χ1) is 8.52. The number of hydrogen-bond acceptors (Lipinski definition) is 5. The molecule has 0 spiro atoms. The molecule has 0 aliphatic carbocycles. The minimum Gasteiger partial charge on any atom is -0.361 e. The lowest BCUT2D eigenvalue weighted by Gasteiger charge is -2.03. The number of carbonyl (C=O) groups is 1. The highest BCUT2D eigenvalue weighted by atomic mass is 16.6. The summed E-state index contributed by atoms with van der Waals surface area (Å²) < 4.78 is 4.80. The Balaban J connectivity index is 2.59. The number of hydrogen-bond donors (Lipinski definition) is 0. The Kier molecular flexibility index (Phi) is 2.93. The number of nitro groups is 1. The molecule has 0 amide bonds. The Morgan fingerprint density at radius 1 is 1.33 bits per heavy atom. The highest BCUT2D eigenvalue weighted by molar-refractivity contribution is 6.12. The van der Waals surface area contributed by atoms with E-state index in [9.17, 15) is 14.9 Å². The van der Waals surface area contributed by atoms with E-state index < -0.39 is 10.7 Å². The number of aryl methyl sites for hydroxylation is 2. The first kappa shape index (κ1) is 12.0. The summed E-state index contributed by atoms with van der Waals surface area (Å²) in [5, 5.41) is 14.5. The van der Waals surface area contributed by atoms with Gasteiger partial charge in [-0.25, -0.2) is 0 Å². The van der Waals surface area contributed by atoms with E-state index in [1.807, 2.05) is 0 Å². The van der Waals surface area contributed by atoms with Gasteiger partial charge in [0.05, 0.1) is 16.7 Å². The lowest BCUT2D eigenvalue weighted by molar-refractivity contribution is -0.385. The average molecular weight is 246 g/mol. The van der Waals surface area contributed by atoms with Crippen LogP contribution in [0.3, 0.4) is 0 Å². The Bertz CT molecular complexity index is 631. The van der Waals surface area contributed by atoms with Crippen molar-refractivity contribution >= 4 is 11.5 Å². The van der Waals surface area contributed by atoms with Crippen LogP contribution in [0.1, 0.15) is 27.2 Å². The molecule has 0 bridgehead atoms. The third-order valence-corrected chi connectivity index (χ3v) is 2.66. The minimum absolute atomic E-state index is 0.0475. The maximum absolute atomic E-state index is 12.2. The van der Waals surface area contributed by atoms with E-state index in [4.69, 9.17) is 4.52 Å². The molecule has 0 aliphatic heterocycles. The van der Waals surface area contributed by atoms with Gasteiger partial charge in [-0.1, -0.05) is 17.3 Å². The second kappa shape index (κ2) is 4.40. The number of nitro benzene ring substituents is 1. The van der Waals surface area contributed by atoms with Crippen molar-refractivity contribution in [3.05, 3.63) is 57.0 Å². The molecule has 92 valence electrons. The molecule has 0 unspecified atom stereocenters. The van der Waals surface area contributed by atoms with Gasteiger partial charge in [-0.3, -0.25) is 14.9 Å². The summed E-state index contributed by atoms with van der Waals surface area (Å²) in [7, 11) is 0. The summed E-state index contributed by atoms with van der Waals surface area (Å²) in [5.41, 5.74) is 0.554. The van der Waals surface area contributed by atoms with Crippen LogP contribution in [-0.4, -0.2) is 15.9 Å². The molecule has 18 heavy (non-hydrogen) atoms. The molecule has 0 saturated heterocycles. The normalized spacial score (nSPS) is 10.3. The van der Waals surface area contributed by atoms with Gasteiger partial charge in [-0.2, -0.15) is 0 Å². The largest absolute Gasteiger partial charge is 0.361 e. The molecule has 6 nitrogen and oxygen atoms in total. The van der Waals surface area contributed by atoms with Gasteiger partial charge in [0.15, 0.2) is 0 Å². The smallest absolute Gasteiger partial charge is 0.283 e. The third-order valence-electron chi connectivity index (χ3n) is 2.66. The fourth-order valence-corrected chi connectivity index (χ4v) is 1.75. The Hall–Kier alpha value is -2.50. The van der Waals surface area contributed by atoms with Crippen molar-refractivity contribution < 1.29 is 14.2 Å². The van der Waals surface area contributed by atoms with Crippen LogP contribution in [0.25, 0.3) is 0 Å². The van der Waals surface area contributed by atoms with E-state index in [0.29, 0.717) is 11.3 Å². The van der Waals surface area contributed by atoms with Gasteiger partial charge < -0.3 is 4.52 Å². The number of aromatic nitrogens is 1. The average Bonchev–Trinajstić information content (AvgIpc) is 2.73. The van der Waals surface area contributed by atoms with E-state index >= 15 is 0 Å². The van der Waals surface area contributed by atoms with Crippen LogP contribution in [0.4, 0.5) is 5.69 Å². The lowest BCUT2D eigenvalue weighted by atomic mass is 10.00. The summed E-state index contributed by atoms with van der Waals surface area (Å²) in [5.74, 6) is -0.111. The Labute approximate surface area is 102 Å². The van der Waals surface area contributed by atoms with Gasteiger partial charge in [0.25, 0.3) is 5.69 Å². The Morgan fingerprint density at radius 3 is 2.61 bits per heavy atom. The molecule has 1 heterocycles. The van der Waals surface area contributed by atoms with Crippen LogP contribution >= 0.6 is 0 Å². The molecular weight excluding hydrogens is 236 g/mol. The quantitative estimate of drug-likeness (QED) is 0.471. The van der Waals surface area contributed by atoms with Crippen LogP contribution in [-0.2, 0) is 0 Å². The molecule has 0 atom stereocenters. The lowest BCUT2D eigenvalue weighted by Crippen LogP contribution is -2.07. The van der Waals surface area contributed by atoms with Crippen molar-refractivity contribution in [2.45, 2.75) is 13.8 Å². The standard InChI is InChI=1S/C12H10N2O4/c1-7-4-3-5-9(11(7)14(16)17)12(15)10-6-13-18-8(10)2/h3-6H,1-2H3. The molecule has 1 aromatic heterocycles. The third kappa shape index (κ3) is 1.88. The van der Waals surface area contributed by atoms with Crippen molar-refractivity contribution in [2.75, 3.05) is 0 Å². The van der Waals surface area contributed by atoms with Gasteiger partial charge in [0.2, 0.25) is 5.78 Å². The minimum atomic E-state index is -0.550. The van der Waals surface area contributed by atoms with Crippen molar-refractivity contribution in [1.29, 1.82) is 0 Å². The first-order valence-electron chi connectivity index (χ1n) is 5.22. The van der Waals surface area contributed by atoms with E-state index in [2.05, 4.69) is 5.16 Å². The van der Waals surface area contributed by atoms with E-state index in [0.717, 1.165) is 0 Å². The molecule has 2 rings (SSSR count).